The molecular weight excluding hydrogens is 332 g/mol. The Morgan fingerprint density at radius 3 is 2.83 bits per heavy atom. The lowest BCUT2D eigenvalue weighted by Gasteiger charge is -2.02. The molecule has 7 heteroatoms. The molecule has 0 saturated carbocycles. The first-order valence-electron chi connectivity index (χ1n) is 6.89. The number of nitrogens with zero attached hydrogens (tertiary/aromatic N) is 3. The highest BCUT2D eigenvalue weighted by atomic mass is 35.5. The van der Waals surface area contributed by atoms with Gasteiger partial charge in [-0.1, -0.05) is 29.8 Å². The Morgan fingerprint density at radius 1 is 1.26 bits per heavy atom. The molecule has 0 radical (unpaired) electrons. The minimum atomic E-state index is -0.176. The van der Waals surface area contributed by atoms with E-state index < -0.39 is 0 Å². The van der Waals surface area contributed by atoms with Crippen LogP contribution in [0.1, 0.15) is 0 Å². The van der Waals surface area contributed by atoms with Crippen LogP contribution in [0.2, 0.25) is 5.02 Å². The van der Waals surface area contributed by atoms with Crippen LogP contribution in [0.3, 0.4) is 0 Å². The molecule has 0 amide bonds. The summed E-state index contributed by atoms with van der Waals surface area (Å²) in [7, 11) is 1.82. The number of hydrogen-bond acceptors (Lipinski definition) is 4. The molecular formula is C16H11ClN4OS. The van der Waals surface area contributed by atoms with Gasteiger partial charge in [0.15, 0.2) is 0 Å². The Morgan fingerprint density at radius 2 is 2.09 bits per heavy atom. The van der Waals surface area contributed by atoms with Gasteiger partial charge in [0.1, 0.15) is 10.7 Å². The van der Waals surface area contributed by atoms with Crippen LogP contribution in [0.5, 0.6) is 0 Å². The lowest BCUT2D eigenvalue weighted by atomic mass is 10.1. The third kappa shape index (κ3) is 2.36. The zero-order valence-electron chi connectivity index (χ0n) is 12.1. The number of nitrogens with one attached hydrogen (secondary N) is 1. The zero-order valence-corrected chi connectivity index (χ0v) is 13.6. The fourth-order valence-electron chi connectivity index (χ4n) is 2.51. The van der Waals surface area contributed by atoms with Gasteiger partial charge in [-0.15, -0.1) is 11.3 Å². The maximum atomic E-state index is 12.6. The van der Waals surface area contributed by atoms with Crippen LogP contribution < -0.4 is 5.56 Å². The molecule has 0 aliphatic carbocycles. The number of fused-ring (bicyclic) bond motifs is 1. The lowest BCUT2D eigenvalue weighted by Crippen LogP contribution is -2.08. The normalized spacial score (nSPS) is 11.2. The molecule has 23 heavy (non-hydrogen) atoms. The maximum Gasteiger partial charge on any atom is 0.260 e. The molecule has 0 saturated heterocycles. The van der Waals surface area contributed by atoms with Gasteiger partial charge in [0.05, 0.1) is 17.1 Å². The van der Waals surface area contributed by atoms with Gasteiger partial charge in [-0.25, -0.2) is 4.98 Å². The Bertz CT molecular complexity index is 1080. The minimum absolute atomic E-state index is 0.176. The van der Waals surface area contributed by atoms with E-state index in [1.807, 2.05) is 42.9 Å². The number of hydrogen-bond donors (Lipinski definition) is 1. The molecule has 1 N–H and O–H groups in total. The molecule has 4 aromatic rings. The molecule has 3 heterocycles. The summed E-state index contributed by atoms with van der Waals surface area (Å²) in [6, 6.07) is 7.48. The van der Waals surface area contributed by atoms with Crippen molar-refractivity contribution in [2.45, 2.75) is 0 Å². The number of aromatic nitrogens is 4. The second-order valence-corrected chi connectivity index (χ2v) is 6.39. The average Bonchev–Trinajstić information content (AvgIpc) is 3.14. The van der Waals surface area contributed by atoms with Gasteiger partial charge in [-0.2, -0.15) is 5.10 Å². The Balaban J connectivity index is 1.95. The minimum Gasteiger partial charge on any atom is -0.306 e. The summed E-state index contributed by atoms with van der Waals surface area (Å²) in [5.74, 6) is 0.517. The molecule has 0 bridgehead atoms. The Kier molecular flexibility index (Phi) is 3.28. The number of halogens is 1. The number of rotatable bonds is 2. The third-order valence-electron chi connectivity index (χ3n) is 3.59. The lowest BCUT2D eigenvalue weighted by molar-refractivity contribution is 0.768. The summed E-state index contributed by atoms with van der Waals surface area (Å²) in [5, 5.41) is 7.20. The summed E-state index contributed by atoms with van der Waals surface area (Å²) < 4.78 is 1.67. The second kappa shape index (κ2) is 5.33. The van der Waals surface area contributed by atoms with Crippen molar-refractivity contribution < 1.29 is 0 Å². The predicted octanol–water partition coefficient (Wildman–Crippen LogP) is 3.71. The van der Waals surface area contributed by atoms with Crippen LogP contribution in [-0.4, -0.2) is 19.7 Å². The molecule has 0 aliphatic rings. The monoisotopic (exact) mass is 342 g/mol. The summed E-state index contributed by atoms with van der Waals surface area (Å²) in [6.07, 6.45) is 3.49. The van der Waals surface area contributed by atoms with Crippen molar-refractivity contribution in [3.63, 3.8) is 0 Å². The van der Waals surface area contributed by atoms with Crippen LogP contribution in [0.4, 0.5) is 0 Å². The molecule has 114 valence electrons. The molecule has 0 unspecified atom stereocenters. The second-order valence-electron chi connectivity index (χ2n) is 5.13. The topological polar surface area (TPSA) is 63.6 Å². The Labute approximate surface area is 140 Å². The molecule has 5 nitrogen and oxygen atoms in total. The molecule has 4 rings (SSSR count). The van der Waals surface area contributed by atoms with Crippen LogP contribution >= 0.6 is 22.9 Å². The third-order valence-corrected chi connectivity index (χ3v) is 4.79. The van der Waals surface area contributed by atoms with Crippen molar-refractivity contribution in [3.05, 3.63) is 57.4 Å². The van der Waals surface area contributed by atoms with Crippen LogP contribution in [0.15, 0.2) is 46.8 Å². The summed E-state index contributed by atoms with van der Waals surface area (Å²) >= 11 is 7.69. The van der Waals surface area contributed by atoms with Crippen LogP contribution in [-0.2, 0) is 7.05 Å². The van der Waals surface area contributed by atoms with Crippen molar-refractivity contribution >= 4 is 33.2 Å². The number of aryl methyl sites for hydroxylation is 1. The maximum absolute atomic E-state index is 12.6. The summed E-state index contributed by atoms with van der Waals surface area (Å²) in [4.78, 5) is 20.7. The van der Waals surface area contributed by atoms with Crippen molar-refractivity contribution in [2.24, 2.45) is 7.05 Å². The fraction of sp³-hybridized carbons (Fsp3) is 0.0625. The van der Waals surface area contributed by atoms with Crippen LogP contribution in [0.25, 0.3) is 32.7 Å². The van der Waals surface area contributed by atoms with Gasteiger partial charge in [0, 0.05) is 34.8 Å². The highest BCUT2D eigenvalue weighted by molar-refractivity contribution is 7.17. The summed E-state index contributed by atoms with van der Waals surface area (Å²) in [5.41, 5.74) is 2.24. The van der Waals surface area contributed by atoms with E-state index in [0.29, 0.717) is 21.1 Å². The van der Waals surface area contributed by atoms with E-state index in [9.17, 15) is 4.79 Å². The zero-order chi connectivity index (χ0) is 16.0. The van der Waals surface area contributed by atoms with Gasteiger partial charge < -0.3 is 4.98 Å². The van der Waals surface area contributed by atoms with Gasteiger partial charge >= 0.3 is 0 Å². The first-order valence-corrected chi connectivity index (χ1v) is 8.14. The summed E-state index contributed by atoms with van der Waals surface area (Å²) in [6.45, 7) is 0. The van der Waals surface area contributed by atoms with E-state index in [0.717, 1.165) is 16.7 Å². The number of thiophene rings is 1. The molecule has 0 aliphatic heterocycles. The van der Waals surface area contributed by atoms with Crippen molar-refractivity contribution in [3.8, 4) is 22.5 Å². The average molecular weight is 343 g/mol. The highest BCUT2D eigenvalue weighted by Crippen LogP contribution is 2.35. The fourth-order valence-corrected chi connectivity index (χ4v) is 3.68. The predicted molar refractivity (Wildman–Crippen MR) is 92.9 cm³/mol. The van der Waals surface area contributed by atoms with E-state index in [4.69, 9.17) is 11.6 Å². The molecule has 0 spiro atoms. The molecule has 0 atom stereocenters. The largest absolute Gasteiger partial charge is 0.306 e. The van der Waals surface area contributed by atoms with Gasteiger partial charge in [-0.3, -0.25) is 9.48 Å². The standard InChI is InChI=1S/C16H11ClN4OS/c1-21-7-9(6-18-21)14-19-15(22)13-11(8-23-16(13)20-14)10-4-2-3-5-12(10)17/h2-8H,1H3,(H,19,20,22). The first kappa shape index (κ1) is 14.2. The number of aromatic amines is 1. The smallest absolute Gasteiger partial charge is 0.260 e. The van der Waals surface area contributed by atoms with Crippen molar-refractivity contribution in [1.29, 1.82) is 0 Å². The quantitative estimate of drug-likeness (QED) is 0.604. The molecule has 3 aromatic heterocycles. The Hall–Kier alpha value is -2.44. The highest BCUT2D eigenvalue weighted by Gasteiger charge is 2.15. The van der Waals surface area contributed by atoms with E-state index in [1.165, 1.54) is 11.3 Å². The molecule has 0 fully saturated rings. The van der Waals surface area contributed by atoms with E-state index in [-0.39, 0.29) is 5.56 Å². The number of H-pyrrole nitrogens is 1. The van der Waals surface area contributed by atoms with Crippen molar-refractivity contribution in [1.82, 2.24) is 19.7 Å². The first-order chi connectivity index (χ1) is 11.1. The van der Waals surface area contributed by atoms with E-state index in [2.05, 4.69) is 15.1 Å². The van der Waals surface area contributed by atoms with E-state index >= 15 is 0 Å². The number of benzene rings is 1. The van der Waals surface area contributed by atoms with E-state index in [1.54, 1.807) is 10.9 Å². The van der Waals surface area contributed by atoms with Gasteiger partial charge in [0.2, 0.25) is 0 Å². The van der Waals surface area contributed by atoms with Crippen LogP contribution in [0, 0.1) is 0 Å². The van der Waals surface area contributed by atoms with Gasteiger partial charge in [0.25, 0.3) is 5.56 Å². The van der Waals surface area contributed by atoms with Gasteiger partial charge in [-0.05, 0) is 6.07 Å². The SMILES string of the molecule is Cn1cc(-c2nc3scc(-c4ccccc4Cl)c3c(=O)[nH]2)cn1. The van der Waals surface area contributed by atoms with Crippen molar-refractivity contribution in [2.75, 3.05) is 0 Å². The molecule has 1 aromatic carbocycles.